The van der Waals surface area contributed by atoms with Gasteiger partial charge in [0, 0.05) is 0 Å². The largest absolute Gasteiger partial charge is 0.480 e. The summed E-state index contributed by atoms with van der Waals surface area (Å²) in [7, 11) is 0. The minimum atomic E-state index is -0.949. The predicted molar refractivity (Wildman–Crippen MR) is 48.2 cm³/mol. The van der Waals surface area contributed by atoms with Crippen LogP contribution < -0.4 is 16.0 Å². The molecule has 0 spiro atoms. The van der Waals surface area contributed by atoms with Crippen LogP contribution in [0.4, 0.5) is 0 Å². The molecule has 1 saturated heterocycles. The second kappa shape index (κ2) is 6.55. The van der Waals surface area contributed by atoms with Gasteiger partial charge in [0.05, 0.1) is 6.61 Å². The van der Waals surface area contributed by atoms with Crippen molar-refractivity contribution in [2.45, 2.75) is 19.0 Å². The zero-order valence-electron chi connectivity index (χ0n) is 7.49. The van der Waals surface area contributed by atoms with Crippen LogP contribution in [0.5, 0.6) is 0 Å². The minimum Gasteiger partial charge on any atom is -0.480 e. The van der Waals surface area contributed by atoms with Gasteiger partial charge < -0.3 is 10.8 Å². The molecule has 2 atom stereocenters. The number of nitrogens with two attached hydrogens (primary N) is 1. The summed E-state index contributed by atoms with van der Waals surface area (Å²) in [5.74, 6) is -1.19. The van der Waals surface area contributed by atoms with E-state index in [2.05, 4.69) is 10.3 Å². The summed E-state index contributed by atoms with van der Waals surface area (Å²) >= 11 is 4.92. The molecule has 0 aromatic heterocycles. The second-order valence-electron chi connectivity index (χ2n) is 2.55. The van der Waals surface area contributed by atoms with Gasteiger partial charge in [0.2, 0.25) is 0 Å². The molecule has 14 heavy (non-hydrogen) atoms. The van der Waals surface area contributed by atoms with E-state index < -0.39 is 18.1 Å². The van der Waals surface area contributed by atoms with Gasteiger partial charge in [0.25, 0.3) is 5.91 Å². The van der Waals surface area contributed by atoms with Gasteiger partial charge in [0.1, 0.15) is 12.1 Å². The fraction of sp³-hybridized carbons (Fsp3) is 0.667. The van der Waals surface area contributed by atoms with E-state index in [9.17, 15) is 9.59 Å². The number of nitrogens with one attached hydrogen (secondary N) is 2. The van der Waals surface area contributed by atoms with Crippen LogP contribution >= 0.6 is 11.8 Å². The predicted octanol–water partition coefficient (Wildman–Crippen LogP) is -1.42. The number of carbonyl (C=O) groups excluding carboxylic acids is 1. The van der Waals surface area contributed by atoms with Crippen molar-refractivity contribution < 1.29 is 19.5 Å². The topological polar surface area (TPSA) is 114 Å². The Bertz CT molecular complexity index is 213. The first-order valence-corrected chi connectivity index (χ1v) is 4.13. The lowest BCUT2D eigenvalue weighted by molar-refractivity contribution is -0.138. The maximum atomic E-state index is 10.2. The maximum Gasteiger partial charge on any atom is 0.321 e. The Balaban J connectivity index is 0.000000241. The molecule has 1 rings (SSSR count). The first-order chi connectivity index (χ1) is 6.49. The molecular weight excluding hydrogens is 214 g/mol. The highest BCUT2D eigenvalue weighted by Crippen LogP contribution is 1.87. The number of hydroxylamine groups is 1. The molecule has 1 amide bonds. The molecule has 8 heteroatoms. The van der Waals surface area contributed by atoms with Crippen LogP contribution in [0.3, 0.4) is 0 Å². The standard InChI is InChI=1S/C3H6ClNO2.C3H6N2O2/c1-2(5-4)3(6)7;4-2-1-7-5-3(2)6/h2,5H,1H3,(H,6,7);2H,1,4H2,(H,5,6)/t2-;/m0./s1. The van der Waals surface area contributed by atoms with Crippen molar-refractivity contribution in [1.29, 1.82) is 0 Å². The van der Waals surface area contributed by atoms with E-state index in [0.717, 1.165) is 0 Å². The molecule has 7 nitrogen and oxygen atoms in total. The molecule has 5 N–H and O–H groups in total. The van der Waals surface area contributed by atoms with Crippen molar-refractivity contribution in [1.82, 2.24) is 10.3 Å². The number of aliphatic carboxylic acids is 1. The van der Waals surface area contributed by atoms with Gasteiger partial charge in [-0.15, -0.1) is 0 Å². The Morgan fingerprint density at radius 1 is 1.93 bits per heavy atom. The quantitative estimate of drug-likeness (QED) is 0.429. The van der Waals surface area contributed by atoms with Crippen molar-refractivity contribution in [2.75, 3.05) is 6.61 Å². The molecule has 82 valence electrons. The lowest BCUT2D eigenvalue weighted by atomic mass is 10.3. The van der Waals surface area contributed by atoms with E-state index in [1.807, 2.05) is 4.84 Å². The number of carbonyl (C=O) groups is 2. The molecule has 0 aliphatic carbocycles. The molecule has 1 aliphatic rings. The van der Waals surface area contributed by atoms with Crippen molar-refractivity contribution in [3.8, 4) is 0 Å². The molecule has 0 radical (unpaired) electrons. The summed E-state index contributed by atoms with van der Waals surface area (Å²) in [4.78, 5) is 26.5. The number of carboxylic acid groups (broad SMARTS) is 1. The van der Waals surface area contributed by atoms with Gasteiger partial charge in [-0.3, -0.25) is 14.4 Å². The lowest BCUT2D eigenvalue weighted by Gasteiger charge is -1.97. The number of hydrogen-bond donors (Lipinski definition) is 4. The monoisotopic (exact) mass is 225 g/mol. The summed E-state index contributed by atoms with van der Waals surface area (Å²) in [6.07, 6.45) is 0. The van der Waals surface area contributed by atoms with E-state index in [1.165, 1.54) is 6.92 Å². The van der Waals surface area contributed by atoms with Crippen LogP contribution in [-0.4, -0.2) is 35.7 Å². The highest BCUT2D eigenvalue weighted by Gasteiger charge is 2.19. The van der Waals surface area contributed by atoms with Crippen molar-refractivity contribution >= 4 is 23.7 Å². The second-order valence-corrected chi connectivity index (χ2v) is 2.77. The van der Waals surface area contributed by atoms with E-state index in [0.29, 0.717) is 6.61 Å². The zero-order valence-corrected chi connectivity index (χ0v) is 8.25. The van der Waals surface area contributed by atoms with Gasteiger partial charge >= 0.3 is 5.97 Å². The van der Waals surface area contributed by atoms with Crippen LogP contribution in [0.15, 0.2) is 0 Å². The van der Waals surface area contributed by atoms with Gasteiger partial charge in [0.15, 0.2) is 0 Å². The van der Waals surface area contributed by atoms with Gasteiger partial charge in [-0.25, -0.2) is 10.3 Å². The Hall–Kier alpha value is -0.890. The Labute approximate surface area is 85.6 Å². The number of rotatable bonds is 2. The maximum absolute atomic E-state index is 10.2. The van der Waals surface area contributed by atoms with E-state index in [1.54, 1.807) is 0 Å². The SMILES string of the molecule is C[C@H](NCl)C(=O)O.NC1CONC1=O. The fourth-order valence-electron chi connectivity index (χ4n) is 0.401. The number of amides is 1. The normalized spacial score (nSPS) is 21.9. The highest BCUT2D eigenvalue weighted by atomic mass is 35.5. The summed E-state index contributed by atoms with van der Waals surface area (Å²) < 4.78 is 0. The Morgan fingerprint density at radius 3 is 2.57 bits per heavy atom. The van der Waals surface area contributed by atoms with Crippen LogP contribution in [-0.2, 0) is 14.4 Å². The van der Waals surface area contributed by atoms with E-state index >= 15 is 0 Å². The highest BCUT2D eigenvalue weighted by molar-refractivity contribution is 6.14. The number of hydrogen-bond acceptors (Lipinski definition) is 5. The average molecular weight is 226 g/mol. The molecule has 1 fully saturated rings. The Kier molecular flexibility index (Phi) is 6.13. The lowest BCUT2D eigenvalue weighted by Crippen LogP contribution is -2.31. The summed E-state index contributed by atoms with van der Waals surface area (Å²) in [5.41, 5.74) is 7.25. The number of halogens is 1. The number of carboxylic acids is 1. The molecule has 1 aliphatic heterocycles. The van der Waals surface area contributed by atoms with Crippen LogP contribution in [0, 0.1) is 0 Å². The molecule has 1 unspecified atom stereocenters. The van der Waals surface area contributed by atoms with Crippen molar-refractivity contribution in [3.63, 3.8) is 0 Å². The summed E-state index contributed by atoms with van der Waals surface area (Å²) in [6, 6.07) is -1.12. The van der Waals surface area contributed by atoms with Crippen LogP contribution in [0.1, 0.15) is 6.92 Å². The smallest absolute Gasteiger partial charge is 0.321 e. The van der Waals surface area contributed by atoms with E-state index in [-0.39, 0.29) is 5.91 Å². The third-order valence-corrected chi connectivity index (χ3v) is 1.63. The third-order valence-electron chi connectivity index (χ3n) is 1.31. The Morgan fingerprint density at radius 2 is 2.50 bits per heavy atom. The van der Waals surface area contributed by atoms with Gasteiger partial charge in [-0.05, 0) is 18.7 Å². The first kappa shape index (κ1) is 13.1. The van der Waals surface area contributed by atoms with Crippen LogP contribution in [0.2, 0.25) is 0 Å². The molecule has 0 bridgehead atoms. The molecule has 1 heterocycles. The first-order valence-electron chi connectivity index (χ1n) is 3.75. The van der Waals surface area contributed by atoms with Crippen molar-refractivity contribution in [3.05, 3.63) is 0 Å². The molecule has 0 aromatic carbocycles. The average Bonchev–Trinajstić information content (AvgIpc) is 2.50. The van der Waals surface area contributed by atoms with Gasteiger partial charge in [-0.2, -0.15) is 0 Å². The zero-order chi connectivity index (χ0) is 11.1. The molecule has 0 aromatic rings. The fourth-order valence-corrected chi connectivity index (χ4v) is 0.494. The third kappa shape index (κ3) is 4.97. The van der Waals surface area contributed by atoms with E-state index in [4.69, 9.17) is 22.6 Å². The summed E-state index contributed by atoms with van der Waals surface area (Å²) in [5, 5.41) is 8.04. The minimum absolute atomic E-state index is 0.236. The molecule has 0 saturated carbocycles. The van der Waals surface area contributed by atoms with Crippen molar-refractivity contribution in [2.24, 2.45) is 5.73 Å². The molecular formula is C6H12ClN3O4. The van der Waals surface area contributed by atoms with Gasteiger partial charge in [-0.1, -0.05) is 0 Å². The summed E-state index contributed by atoms with van der Waals surface area (Å²) in [6.45, 7) is 1.74. The van der Waals surface area contributed by atoms with Crippen LogP contribution in [0.25, 0.3) is 0 Å².